The van der Waals surface area contributed by atoms with Crippen molar-refractivity contribution in [1.82, 2.24) is 0 Å². The van der Waals surface area contributed by atoms with Crippen LogP contribution in [0.4, 0.5) is 4.79 Å². The van der Waals surface area contributed by atoms with Crippen molar-refractivity contribution in [3.63, 3.8) is 0 Å². The van der Waals surface area contributed by atoms with E-state index in [0.717, 1.165) is 12.8 Å². The second-order valence-electron chi connectivity index (χ2n) is 4.46. The Morgan fingerprint density at radius 3 is 2.53 bits per heavy atom. The molecule has 0 radical (unpaired) electrons. The van der Waals surface area contributed by atoms with Gasteiger partial charge in [-0.3, -0.25) is 0 Å². The molecule has 84 valence electrons. The van der Waals surface area contributed by atoms with Crippen LogP contribution in [0, 0.1) is 16.7 Å². The van der Waals surface area contributed by atoms with Crippen molar-refractivity contribution in [3.8, 4) is 6.07 Å². The Kier molecular flexibility index (Phi) is 3.23. The molecule has 0 spiro atoms. The van der Waals surface area contributed by atoms with Gasteiger partial charge in [0.1, 0.15) is 6.07 Å². The minimum absolute atomic E-state index is 0.265. The van der Waals surface area contributed by atoms with Gasteiger partial charge in [-0.2, -0.15) is 5.26 Å². The first-order valence-electron chi connectivity index (χ1n) is 5.24. The zero-order chi connectivity index (χ0) is 11.5. The zero-order valence-electron chi connectivity index (χ0n) is 9.50. The standard InChI is InChI=1S/C11H17NO3/c1-4-14-9(13)15-11(8-12)7-5-6-10(11,2)3/h4-7H2,1-3H3. The lowest BCUT2D eigenvalue weighted by Gasteiger charge is -2.33. The predicted octanol–water partition coefficient (Wildman–Crippen LogP) is 2.63. The summed E-state index contributed by atoms with van der Waals surface area (Å²) in [6.45, 7) is 5.87. The summed E-state index contributed by atoms with van der Waals surface area (Å²) in [5.74, 6) is 0. The summed E-state index contributed by atoms with van der Waals surface area (Å²) in [6, 6.07) is 2.13. The van der Waals surface area contributed by atoms with Crippen molar-refractivity contribution in [3.05, 3.63) is 0 Å². The van der Waals surface area contributed by atoms with Crippen molar-refractivity contribution in [2.24, 2.45) is 5.41 Å². The van der Waals surface area contributed by atoms with E-state index in [9.17, 15) is 10.1 Å². The highest BCUT2D eigenvalue weighted by Crippen LogP contribution is 2.48. The van der Waals surface area contributed by atoms with Crippen LogP contribution in [0.15, 0.2) is 0 Å². The Morgan fingerprint density at radius 1 is 1.47 bits per heavy atom. The summed E-state index contributed by atoms with van der Waals surface area (Å²) in [4.78, 5) is 11.3. The molecular formula is C11H17NO3. The molecule has 0 N–H and O–H groups in total. The molecule has 0 aromatic carbocycles. The van der Waals surface area contributed by atoms with Crippen LogP contribution < -0.4 is 0 Å². The van der Waals surface area contributed by atoms with Crippen LogP contribution in [0.5, 0.6) is 0 Å². The van der Waals surface area contributed by atoms with Crippen LogP contribution in [0.1, 0.15) is 40.0 Å². The second kappa shape index (κ2) is 4.09. The van der Waals surface area contributed by atoms with Gasteiger partial charge in [0.15, 0.2) is 0 Å². The molecule has 1 atom stereocenters. The summed E-state index contributed by atoms with van der Waals surface area (Å²) in [5, 5.41) is 9.19. The molecule has 0 aromatic rings. The molecule has 1 fully saturated rings. The summed E-state index contributed by atoms with van der Waals surface area (Å²) in [6.07, 6.45) is 1.64. The first-order valence-corrected chi connectivity index (χ1v) is 5.24. The monoisotopic (exact) mass is 211 g/mol. The number of nitrogens with zero attached hydrogens (tertiary/aromatic N) is 1. The highest BCUT2D eigenvalue weighted by atomic mass is 16.7. The average Bonchev–Trinajstić information content (AvgIpc) is 2.43. The predicted molar refractivity (Wildman–Crippen MR) is 54.1 cm³/mol. The summed E-state index contributed by atoms with van der Waals surface area (Å²) in [5.41, 5.74) is -1.31. The van der Waals surface area contributed by atoms with Gasteiger partial charge < -0.3 is 9.47 Å². The maximum absolute atomic E-state index is 11.3. The molecular weight excluding hydrogens is 194 g/mol. The van der Waals surface area contributed by atoms with Gasteiger partial charge in [-0.05, 0) is 19.8 Å². The van der Waals surface area contributed by atoms with Gasteiger partial charge >= 0.3 is 6.16 Å². The van der Waals surface area contributed by atoms with Crippen molar-refractivity contribution >= 4 is 6.16 Å². The highest BCUT2D eigenvalue weighted by Gasteiger charge is 2.53. The number of carbonyl (C=O) groups is 1. The summed E-state index contributed by atoms with van der Waals surface area (Å²) in [7, 11) is 0. The molecule has 0 bridgehead atoms. The smallest absolute Gasteiger partial charge is 0.435 e. The van der Waals surface area contributed by atoms with E-state index in [1.54, 1.807) is 6.92 Å². The maximum atomic E-state index is 11.3. The zero-order valence-corrected chi connectivity index (χ0v) is 9.50. The minimum Gasteiger partial charge on any atom is -0.435 e. The fourth-order valence-electron chi connectivity index (χ4n) is 2.03. The SMILES string of the molecule is CCOC(=O)OC1(C#N)CCCC1(C)C. The average molecular weight is 211 g/mol. The van der Waals surface area contributed by atoms with Gasteiger partial charge in [0.2, 0.25) is 5.60 Å². The molecule has 4 heteroatoms. The lowest BCUT2D eigenvalue weighted by molar-refractivity contribution is -0.0484. The van der Waals surface area contributed by atoms with E-state index in [1.165, 1.54) is 0 Å². The van der Waals surface area contributed by atoms with Gasteiger partial charge in [0.05, 0.1) is 6.61 Å². The molecule has 1 saturated carbocycles. The molecule has 1 rings (SSSR count). The van der Waals surface area contributed by atoms with Gasteiger partial charge in [-0.1, -0.05) is 13.8 Å². The van der Waals surface area contributed by atoms with E-state index in [4.69, 9.17) is 9.47 Å². The summed E-state index contributed by atoms with van der Waals surface area (Å²) < 4.78 is 9.89. The molecule has 0 heterocycles. The first-order chi connectivity index (χ1) is 6.97. The van der Waals surface area contributed by atoms with Crippen molar-refractivity contribution in [2.45, 2.75) is 45.6 Å². The molecule has 0 amide bonds. The molecule has 1 unspecified atom stereocenters. The number of nitriles is 1. The topological polar surface area (TPSA) is 59.3 Å². The lowest BCUT2D eigenvalue weighted by Crippen LogP contribution is -2.43. The Morgan fingerprint density at radius 2 is 2.13 bits per heavy atom. The normalized spacial score (nSPS) is 28.1. The number of rotatable bonds is 2. The van der Waals surface area contributed by atoms with Crippen LogP contribution in [0.2, 0.25) is 0 Å². The molecule has 0 saturated heterocycles. The fraction of sp³-hybridized carbons (Fsp3) is 0.818. The molecule has 4 nitrogen and oxygen atoms in total. The van der Waals surface area contributed by atoms with E-state index in [-0.39, 0.29) is 12.0 Å². The van der Waals surface area contributed by atoms with Crippen LogP contribution >= 0.6 is 0 Å². The third-order valence-electron chi connectivity index (χ3n) is 3.12. The van der Waals surface area contributed by atoms with Crippen molar-refractivity contribution in [2.75, 3.05) is 6.61 Å². The molecule has 1 aliphatic carbocycles. The van der Waals surface area contributed by atoms with E-state index >= 15 is 0 Å². The Labute approximate surface area is 90.2 Å². The van der Waals surface area contributed by atoms with Crippen LogP contribution in [0.25, 0.3) is 0 Å². The van der Waals surface area contributed by atoms with E-state index in [1.807, 2.05) is 13.8 Å². The second-order valence-corrected chi connectivity index (χ2v) is 4.46. The molecule has 1 aliphatic rings. The first kappa shape index (κ1) is 11.8. The Balaban J connectivity index is 2.79. The van der Waals surface area contributed by atoms with Crippen LogP contribution in [-0.4, -0.2) is 18.4 Å². The molecule has 0 aliphatic heterocycles. The lowest BCUT2D eigenvalue weighted by atomic mass is 9.78. The van der Waals surface area contributed by atoms with Gasteiger partial charge in [0.25, 0.3) is 0 Å². The number of ether oxygens (including phenoxy) is 2. The highest BCUT2D eigenvalue weighted by molar-refractivity contribution is 5.61. The quantitative estimate of drug-likeness (QED) is 0.659. The van der Waals surface area contributed by atoms with Gasteiger partial charge in [-0.25, -0.2) is 4.79 Å². The van der Waals surface area contributed by atoms with Crippen molar-refractivity contribution < 1.29 is 14.3 Å². The van der Waals surface area contributed by atoms with E-state index in [0.29, 0.717) is 6.42 Å². The Hall–Kier alpha value is -1.24. The third-order valence-corrected chi connectivity index (χ3v) is 3.12. The Bertz CT molecular complexity index is 293. The van der Waals surface area contributed by atoms with Crippen LogP contribution in [-0.2, 0) is 9.47 Å². The van der Waals surface area contributed by atoms with E-state index < -0.39 is 11.8 Å². The minimum atomic E-state index is -1.01. The van der Waals surface area contributed by atoms with Crippen LogP contribution in [0.3, 0.4) is 0 Å². The van der Waals surface area contributed by atoms with Crippen molar-refractivity contribution in [1.29, 1.82) is 5.26 Å². The molecule has 15 heavy (non-hydrogen) atoms. The van der Waals surface area contributed by atoms with Gasteiger partial charge in [0, 0.05) is 11.8 Å². The largest absolute Gasteiger partial charge is 0.509 e. The molecule has 0 aromatic heterocycles. The number of hydrogen-bond acceptors (Lipinski definition) is 4. The number of carbonyl (C=O) groups excluding carboxylic acids is 1. The third kappa shape index (κ3) is 2.06. The maximum Gasteiger partial charge on any atom is 0.509 e. The van der Waals surface area contributed by atoms with E-state index in [2.05, 4.69) is 6.07 Å². The summed E-state index contributed by atoms with van der Waals surface area (Å²) >= 11 is 0. The number of hydrogen-bond donors (Lipinski definition) is 0. The van der Waals surface area contributed by atoms with Gasteiger partial charge in [-0.15, -0.1) is 0 Å². The fourth-order valence-corrected chi connectivity index (χ4v) is 2.03.